The number of benzene rings is 3. The molecule has 200 valence electrons. The van der Waals surface area contributed by atoms with Gasteiger partial charge >= 0.3 is 12.4 Å². The number of aryl methyl sites for hydroxylation is 3. The molecule has 0 amide bonds. The summed E-state index contributed by atoms with van der Waals surface area (Å²) in [7, 11) is 1.86. The van der Waals surface area contributed by atoms with E-state index in [4.69, 9.17) is 9.47 Å². The first-order valence-corrected chi connectivity index (χ1v) is 13.5. The number of hydrogen-bond donors (Lipinski definition) is 0. The number of carbonyl (C=O) groups excluding carboxylic acids is 2. The second-order valence-corrected chi connectivity index (χ2v) is 10.7. The molecular formula is C31H32N4O4. The number of fused-ring (bicyclic) bond motifs is 3. The minimum atomic E-state index is -0.555. The molecule has 0 spiro atoms. The second-order valence-electron chi connectivity index (χ2n) is 10.7. The van der Waals surface area contributed by atoms with Gasteiger partial charge in [-0.25, -0.2) is 4.68 Å². The van der Waals surface area contributed by atoms with Gasteiger partial charge in [0.25, 0.3) is 0 Å². The molecule has 8 heteroatoms. The lowest BCUT2D eigenvalue weighted by atomic mass is 9.84. The maximum absolute atomic E-state index is 12.6. The number of rotatable bonds is 6. The molecule has 2 aliphatic rings. The van der Waals surface area contributed by atoms with Crippen LogP contribution in [0.3, 0.4) is 0 Å². The molecule has 1 aliphatic heterocycles. The number of para-hydroxylation sites is 1. The van der Waals surface area contributed by atoms with E-state index in [-0.39, 0.29) is 31.0 Å². The van der Waals surface area contributed by atoms with E-state index in [2.05, 4.69) is 58.5 Å². The fourth-order valence-electron chi connectivity index (χ4n) is 6.35. The summed E-state index contributed by atoms with van der Waals surface area (Å²) in [4.78, 5) is 26.1. The lowest BCUT2D eigenvalue weighted by Gasteiger charge is -2.30. The summed E-state index contributed by atoms with van der Waals surface area (Å²) in [6, 6.07) is 19.1. The summed E-state index contributed by atoms with van der Waals surface area (Å²) in [6.07, 6.45) is 2.18. The predicted octanol–water partition coefficient (Wildman–Crippen LogP) is 4.77. The molecule has 6 rings (SSSR count). The van der Waals surface area contributed by atoms with Gasteiger partial charge in [-0.3, -0.25) is 14.5 Å². The smallest absolute Gasteiger partial charge is 0.314 e. The lowest BCUT2D eigenvalue weighted by Crippen LogP contribution is -2.33. The fraction of sp³-hybridized carbons (Fsp3) is 0.355. The van der Waals surface area contributed by atoms with Crippen LogP contribution < -0.4 is 4.74 Å². The minimum absolute atomic E-state index is 0.0523. The van der Waals surface area contributed by atoms with Crippen LogP contribution in [-0.2, 0) is 34.3 Å². The van der Waals surface area contributed by atoms with Gasteiger partial charge in [-0.05, 0) is 66.6 Å². The molecule has 0 saturated carbocycles. The van der Waals surface area contributed by atoms with Crippen LogP contribution in [0.15, 0.2) is 54.6 Å². The first kappa shape index (κ1) is 25.2. The molecule has 1 aliphatic carbocycles. The third-order valence-corrected chi connectivity index (χ3v) is 8.23. The largest absolute Gasteiger partial charge is 0.489 e. The van der Waals surface area contributed by atoms with Crippen molar-refractivity contribution in [3.05, 3.63) is 88.0 Å². The SMILES string of the molecule is Cc1c(C(CC(=O)OC=O)c2ccc3c(c2)C(N2Cc4ccccc4O[C@@H](C)C2)CC3)ccc2c1nnn2C. The van der Waals surface area contributed by atoms with Crippen LogP contribution in [0.1, 0.15) is 65.1 Å². The van der Waals surface area contributed by atoms with E-state index in [1.807, 2.05) is 32.2 Å². The van der Waals surface area contributed by atoms with Gasteiger partial charge in [-0.1, -0.05) is 47.7 Å². The Hall–Kier alpha value is -4.04. The number of nitrogens with zero attached hydrogens (tertiary/aromatic N) is 4. The van der Waals surface area contributed by atoms with Crippen molar-refractivity contribution >= 4 is 23.5 Å². The molecule has 8 nitrogen and oxygen atoms in total. The van der Waals surface area contributed by atoms with Crippen LogP contribution in [0.2, 0.25) is 0 Å². The molecule has 0 bridgehead atoms. The average Bonchev–Trinajstić information content (AvgIpc) is 3.47. The van der Waals surface area contributed by atoms with Crippen molar-refractivity contribution in [3.63, 3.8) is 0 Å². The van der Waals surface area contributed by atoms with Crippen LogP contribution in [0.5, 0.6) is 5.75 Å². The van der Waals surface area contributed by atoms with Gasteiger partial charge < -0.3 is 9.47 Å². The Morgan fingerprint density at radius 3 is 2.87 bits per heavy atom. The highest BCUT2D eigenvalue weighted by Gasteiger charge is 2.33. The van der Waals surface area contributed by atoms with Crippen LogP contribution in [0.4, 0.5) is 0 Å². The summed E-state index contributed by atoms with van der Waals surface area (Å²) >= 11 is 0. The van der Waals surface area contributed by atoms with Gasteiger partial charge in [-0.15, -0.1) is 5.10 Å². The Labute approximate surface area is 227 Å². The zero-order valence-electron chi connectivity index (χ0n) is 22.5. The second kappa shape index (κ2) is 10.3. The predicted molar refractivity (Wildman–Crippen MR) is 146 cm³/mol. The lowest BCUT2D eigenvalue weighted by molar-refractivity contribution is -0.151. The third-order valence-electron chi connectivity index (χ3n) is 8.23. The van der Waals surface area contributed by atoms with E-state index in [0.717, 1.165) is 59.4 Å². The molecule has 0 saturated heterocycles. The summed E-state index contributed by atoms with van der Waals surface area (Å²) in [5.74, 6) is 0.117. The summed E-state index contributed by atoms with van der Waals surface area (Å²) in [5.41, 5.74) is 8.54. The number of carbonyl (C=O) groups is 2. The summed E-state index contributed by atoms with van der Waals surface area (Å²) in [5, 5.41) is 8.53. The van der Waals surface area contributed by atoms with Gasteiger partial charge in [-0.2, -0.15) is 0 Å². The van der Waals surface area contributed by atoms with Gasteiger partial charge in [0.2, 0.25) is 0 Å². The Kier molecular flexibility index (Phi) is 6.64. The Bertz CT molecular complexity index is 1560. The first-order chi connectivity index (χ1) is 18.9. The van der Waals surface area contributed by atoms with E-state index in [1.54, 1.807) is 4.68 Å². The number of ether oxygens (including phenoxy) is 2. The monoisotopic (exact) mass is 524 g/mol. The van der Waals surface area contributed by atoms with Crippen LogP contribution in [0.25, 0.3) is 11.0 Å². The third kappa shape index (κ3) is 4.69. The Morgan fingerprint density at radius 2 is 2.03 bits per heavy atom. The van der Waals surface area contributed by atoms with Gasteiger partial charge in [0.1, 0.15) is 17.4 Å². The molecule has 4 aromatic rings. The van der Waals surface area contributed by atoms with E-state index in [9.17, 15) is 9.59 Å². The Balaban J connectivity index is 1.39. The average molecular weight is 525 g/mol. The molecular weight excluding hydrogens is 492 g/mol. The molecule has 2 heterocycles. The van der Waals surface area contributed by atoms with Crippen LogP contribution in [0, 0.1) is 6.92 Å². The van der Waals surface area contributed by atoms with Crippen LogP contribution in [-0.4, -0.2) is 45.0 Å². The van der Waals surface area contributed by atoms with Crippen molar-refractivity contribution in [1.29, 1.82) is 0 Å². The standard InChI is InChI=1S/C31H32N4O4/c1-19-16-35(17-23-6-4-5-7-29(23)39-19)27-12-10-21-8-9-22(14-26(21)27)25(15-30(37)38-18-36)24-11-13-28-31(20(24)2)32-33-34(28)3/h4-9,11,13-14,18-19,25,27H,10,12,15-17H2,1-3H3/t19-,25?,27?/m0/s1. The van der Waals surface area contributed by atoms with Gasteiger partial charge in [0.15, 0.2) is 0 Å². The molecule has 0 radical (unpaired) electrons. The van der Waals surface area contributed by atoms with Crippen molar-refractivity contribution in [1.82, 2.24) is 19.9 Å². The van der Waals surface area contributed by atoms with Gasteiger partial charge in [0.05, 0.1) is 11.9 Å². The number of esters is 1. The highest BCUT2D eigenvalue weighted by Crippen LogP contribution is 2.42. The van der Waals surface area contributed by atoms with E-state index in [0.29, 0.717) is 0 Å². The maximum atomic E-state index is 12.6. The molecule has 0 N–H and O–H groups in total. The zero-order valence-corrected chi connectivity index (χ0v) is 22.5. The maximum Gasteiger partial charge on any atom is 0.314 e. The van der Waals surface area contributed by atoms with E-state index >= 15 is 0 Å². The molecule has 3 aromatic carbocycles. The summed E-state index contributed by atoms with van der Waals surface area (Å²) < 4.78 is 12.7. The normalized spacial score (nSPS) is 19.6. The molecule has 0 fully saturated rings. The van der Waals surface area contributed by atoms with Crippen molar-refractivity contribution in [2.24, 2.45) is 7.05 Å². The topological polar surface area (TPSA) is 86.6 Å². The quantitative estimate of drug-likeness (QED) is 0.204. The molecule has 1 aromatic heterocycles. The van der Waals surface area contributed by atoms with E-state index < -0.39 is 5.97 Å². The fourth-order valence-corrected chi connectivity index (χ4v) is 6.35. The van der Waals surface area contributed by atoms with Crippen molar-refractivity contribution in [2.45, 2.75) is 57.7 Å². The molecule has 2 unspecified atom stereocenters. The van der Waals surface area contributed by atoms with Crippen LogP contribution >= 0.6 is 0 Å². The first-order valence-electron chi connectivity index (χ1n) is 13.5. The number of hydrogen-bond acceptors (Lipinski definition) is 7. The molecule has 3 atom stereocenters. The Morgan fingerprint density at radius 1 is 1.18 bits per heavy atom. The van der Waals surface area contributed by atoms with Gasteiger partial charge in [0, 0.05) is 37.7 Å². The number of aromatic nitrogens is 3. The van der Waals surface area contributed by atoms with Crippen molar-refractivity contribution in [2.75, 3.05) is 6.54 Å². The molecule has 39 heavy (non-hydrogen) atoms. The summed E-state index contributed by atoms with van der Waals surface area (Å²) in [6.45, 7) is 6.00. The van der Waals surface area contributed by atoms with E-state index in [1.165, 1.54) is 16.7 Å². The van der Waals surface area contributed by atoms with Crippen molar-refractivity contribution < 1.29 is 19.1 Å². The highest BCUT2D eigenvalue weighted by atomic mass is 16.6. The highest BCUT2D eigenvalue weighted by molar-refractivity contribution is 5.81. The minimum Gasteiger partial charge on any atom is -0.489 e. The zero-order chi connectivity index (χ0) is 27.1. The van der Waals surface area contributed by atoms with Crippen molar-refractivity contribution in [3.8, 4) is 5.75 Å².